The number of guanidine groups is 1. The number of aromatic nitrogens is 1. The first-order chi connectivity index (χ1) is 13.8. The molecule has 8 heteroatoms. The monoisotopic (exact) mass is 508 g/mol. The number of nitrogens with one attached hydrogen (secondary N) is 2. The predicted molar refractivity (Wildman–Crippen MR) is 128 cm³/mol. The van der Waals surface area contributed by atoms with Crippen LogP contribution in [0, 0.1) is 0 Å². The van der Waals surface area contributed by atoms with Crippen LogP contribution in [0.1, 0.15) is 5.69 Å². The molecular formula is C21H29IN6O. The second-order valence-corrected chi connectivity index (χ2v) is 6.63. The van der Waals surface area contributed by atoms with Gasteiger partial charge in [0.1, 0.15) is 0 Å². The van der Waals surface area contributed by atoms with Crippen LogP contribution in [0.3, 0.4) is 0 Å². The van der Waals surface area contributed by atoms with Gasteiger partial charge in [-0.05, 0) is 24.3 Å². The number of hydrogen-bond donors (Lipinski definition) is 2. The van der Waals surface area contributed by atoms with E-state index in [-0.39, 0.29) is 36.4 Å². The number of carbonyl (C=O) groups is 1. The zero-order valence-corrected chi connectivity index (χ0v) is 19.1. The molecule has 0 aliphatic carbocycles. The maximum absolute atomic E-state index is 12.5. The van der Waals surface area contributed by atoms with E-state index in [9.17, 15) is 4.79 Å². The zero-order chi connectivity index (χ0) is 19.6. The summed E-state index contributed by atoms with van der Waals surface area (Å²) in [5.74, 6) is 0.729. The van der Waals surface area contributed by atoms with Crippen molar-refractivity contribution in [3.63, 3.8) is 0 Å². The first kappa shape index (κ1) is 22.9. The number of amides is 1. The number of aliphatic imine (C=N–C) groups is 1. The van der Waals surface area contributed by atoms with Gasteiger partial charge >= 0.3 is 0 Å². The Morgan fingerprint density at radius 1 is 1.03 bits per heavy atom. The van der Waals surface area contributed by atoms with Gasteiger partial charge in [0, 0.05) is 63.8 Å². The molecule has 0 spiro atoms. The molecule has 156 valence electrons. The van der Waals surface area contributed by atoms with Crippen LogP contribution in [0.25, 0.3) is 0 Å². The summed E-state index contributed by atoms with van der Waals surface area (Å²) in [5, 5.41) is 6.33. The molecular weight excluding hydrogens is 479 g/mol. The number of hydrogen-bond acceptors (Lipinski definition) is 4. The van der Waals surface area contributed by atoms with E-state index in [0.29, 0.717) is 12.5 Å². The fraction of sp³-hybridized carbons (Fsp3) is 0.381. The fourth-order valence-electron chi connectivity index (χ4n) is 3.20. The Morgan fingerprint density at radius 2 is 1.76 bits per heavy atom. The van der Waals surface area contributed by atoms with E-state index in [2.05, 4.69) is 37.6 Å². The SMILES string of the molecule is CN=C(NCCc1ccccn1)NCC(=O)N1CCN(c2ccccc2)CC1.I. The molecule has 1 fully saturated rings. The molecule has 1 aliphatic heterocycles. The lowest BCUT2D eigenvalue weighted by molar-refractivity contribution is -0.130. The number of nitrogens with zero attached hydrogens (tertiary/aromatic N) is 4. The summed E-state index contributed by atoms with van der Waals surface area (Å²) in [6.07, 6.45) is 2.59. The van der Waals surface area contributed by atoms with E-state index < -0.39 is 0 Å². The quantitative estimate of drug-likeness (QED) is 0.354. The molecule has 0 atom stereocenters. The lowest BCUT2D eigenvalue weighted by Gasteiger charge is -2.36. The van der Waals surface area contributed by atoms with Crippen molar-refractivity contribution in [2.24, 2.45) is 4.99 Å². The van der Waals surface area contributed by atoms with Crippen LogP contribution >= 0.6 is 24.0 Å². The zero-order valence-electron chi connectivity index (χ0n) is 16.8. The Bertz CT molecular complexity index is 763. The second kappa shape index (κ2) is 12.3. The molecule has 1 aromatic heterocycles. The molecule has 0 radical (unpaired) electrons. The van der Waals surface area contributed by atoms with Gasteiger partial charge in [0.15, 0.2) is 5.96 Å². The Balaban J connectivity index is 0.00000300. The largest absolute Gasteiger partial charge is 0.368 e. The van der Waals surface area contributed by atoms with Gasteiger partial charge in [-0.3, -0.25) is 14.8 Å². The number of pyridine rings is 1. The number of para-hydroxylation sites is 1. The van der Waals surface area contributed by atoms with Crippen LogP contribution in [0.5, 0.6) is 0 Å². The molecule has 2 aromatic rings. The van der Waals surface area contributed by atoms with Gasteiger partial charge in [-0.2, -0.15) is 0 Å². The van der Waals surface area contributed by atoms with Gasteiger partial charge < -0.3 is 20.4 Å². The first-order valence-electron chi connectivity index (χ1n) is 9.68. The number of piperazine rings is 1. The average molecular weight is 508 g/mol. The smallest absolute Gasteiger partial charge is 0.242 e. The molecule has 2 N–H and O–H groups in total. The lowest BCUT2D eigenvalue weighted by atomic mass is 10.2. The van der Waals surface area contributed by atoms with Crippen molar-refractivity contribution < 1.29 is 4.79 Å². The molecule has 7 nitrogen and oxygen atoms in total. The molecule has 0 saturated carbocycles. The molecule has 0 unspecified atom stereocenters. The third-order valence-corrected chi connectivity index (χ3v) is 4.78. The number of rotatable bonds is 6. The summed E-state index contributed by atoms with van der Waals surface area (Å²) in [7, 11) is 1.71. The van der Waals surface area contributed by atoms with Gasteiger partial charge in [0.05, 0.1) is 6.54 Å². The summed E-state index contributed by atoms with van der Waals surface area (Å²) in [6.45, 7) is 4.14. The average Bonchev–Trinajstić information content (AvgIpc) is 2.77. The van der Waals surface area contributed by atoms with E-state index in [0.717, 1.165) is 38.3 Å². The highest BCUT2D eigenvalue weighted by Crippen LogP contribution is 2.15. The van der Waals surface area contributed by atoms with E-state index in [1.54, 1.807) is 13.2 Å². The lowest BCUT2D eigenvalue weighted by Crippen LogP contribution is -2.52. The second-order valence-electron chi connectivity index (χ2n) is 6.63. The summed E-state index contributed by atoms with van der Waals surface area (Å²) in [4.78, 5) is 25.2. The predicted octanol–water partition coefficient (Wildman–Crippen LogP) is 1.76. The van der Waals surface area contributed by atoms with Gasteiger partial charge in [0.2, 0.25) is 5.91 Å². The number of carbonyl (C=O) groups excluding carboxylic acids is 1. The van der Waals surface area contributed by atoms with Crippen molar-refractivity contribution in [2.45, 2.75) is 6.42 Å². The minimum absolute atomic E-state index is 0. The topological polar surface area (TPSA) is 72.9 Å². The van der Waals surface area contributed by atoms with E-state index in [1.165, 1.54) is 5.69 Å². The minimum atomic E-state index is 0. The van der Waals surface area contributed by atoms with Crippen LogP contribution in [0.15, 0.2) is 59.7 Å². The minimum Gasteiger partial charge on any atom is -0.368 e. The number of anilines is 1. The van der Waals surface area contributed by atoms with Gasteiger partial charge in [-0.25, -0.2) is 0 Å². The van der Waals surface area contributed by atoms with Crippen LogP contribution < -0.4 is 15.5 Å². The Hall–Kier alpha value is -2.36. The van der Waals surface area contributed by atoms with Crippen LogP contribution in [-0.2, 0) is 11.2 Å². The summed E-state index contributed by atoms with van der Waals surface area (Å²) in [6, 6.07) is 16.2. The first-order valence-corrected chi connectivity index (χ1v) is 9.68. The highest BCUT2D eigenvalue weighted by atomic mass is 127. The molecule has 2 heterocycles. The van der Waals surface area contributed by atoms with E-state index in [4.69, 9.17) is 0 Å². The number of benzene rings is 1. The summed E-state index contributed by atoms with van der Waals surface area (Å²) in [5.41, 5.74) is 2.24. The van der Waals surface area contributed by atoms with Crippen LogP contribution in [0.2, 0.25) is 0 Å². The van der Waals surface area contributed by atoms with E-state index in [1.807, 2.05) is 41.3 Å². The van der Waals surface area contributed by atoms with Crippen molar-refractivity contribution in [3.8, 4) is 0 Å². The normalized spacial score (nSPS) is 14.2. The fourth-order valence-corrected chi connectivity index (χ4v) is 3.20. The van der Waals surface area contributed by atoms with Gasteiger partial charge in [-0.1, -0.05) is 24.3 Å². The third kappa shape index (κ3) is 7.19. The molecule has 3 rings (SSSR count). The molecule has 1 amide bonds. The Morgan fingerprint density at radius 3 is 2.41 bits per heavy atom. The van der Waals surface area contributed by atoms with Crippen LogP contribution in [-0.4, -0.2) is 68.1 Å². The summed E-state index contributed by atoms with van der Waals surface area (Å²) < 4.78 is 0. The van der Waals surface area contributed by atoms with Gasteiger partial charge in [-0.15, -0.1) is 24.0 Å². The third-order valence-electron chi connectivity index (χ3n) is 4.78. The van der Waals surface area contributed by atoms with Crippen LogP contribution in [0.4, 0.5) is 5.69 Å². The Kier molecular flexibility index (Phi) is 9.69. The van der Waals surface area contributed by atoms with Crippen molar-refractivity contribution in [1.29, 1.82) is 0 Å². The standard InChI is InChI=1S/C21H28N6O.HI/c1-22-21(24-12-10-18-7-5-6-11-23-18)25-17-20(28)27-15-13-26(14-16-27)19-8-3-2-4-9-19;/h2-9,11H,10,12-17H2,1H3,(H2,22,24,25);1H. The molecule has 0 bridgehead atoms. The maximum atomic E-state index is 12.5. The highest BCUT2D eigenvalue weighted by Gasteiger charge is 2.21. The molecule has 1 saturated heterocycles. The van der Waals surface area contributed by atoms with Crippen molar-refractivity contribution >= 4 is 41.5 Å². The van der Waals surface area contributed by atoms with Crippen molar-refractivity contribution in [1.82, 2.24) is 20.5 Å². The molecule has 1 aromatic carbocycles. The van der Waals surface area contributed by atoms with Gasteiger partial charge in [0.25, 0.3) is 0 Å². The number of halogens is 1. The van der Waals surface area contributed by atoms with E-state index >= 15 is 0 Å². The summed E-state index contributed by atoms with van der Waals surface area (Å²) >= 11 is 0. The molecule has 1 aliphatic rings. The van der Waals surface area contributed by atoms with Crippen molar-refractivity contribution in [2.75, 3.05) is 51.2 Å². The molecule has 29 heavy (non-hydrogen) atoms. The Labute approximate surface area is 189 Å². The highest BCUT2D eigenvalue weighted by molar-refractivity contribution is 14.0. The van der Waals surface area contributed by atoms with Crippen molar-refractivity contribution in [3.05, 3.63) is 60.4 Å². The maximum Gasteiger partial charge on any atom is 0.242 e.